The summed E-state index contributed by atoms with van der Waals surface area (Å²) < 4.78 is 16.4. The minimum Gasteiger partial charge on any atom is -0.497 e. The summed E-state index contributed by atoms with van der Waals surface area (Å²) in [5.74, 6) is 2.20. The zero-order valence-electron chi connectivity index (χ0n) is 18.9. The highest BCUT2D eigenvalue weighted by molar-refractivity contribution is 7.15. The van der Waals surface area contributed by atoms with Crippen molar-refractivity contribution in [2.75, 3.05) is 26.1 Å². The van der Waals surface area contributed by atoms with Crippen molar-refractivity contribution in [2.45, 2.75) is 20.3 Å². The molecule has 0 fully saturated rings. The number of amides is 1. The van der Waals surface area contributed by atoms with Gasteiger partial charge in [-0.2, -0.15) is 0 Å². The number of carbonyl (C=O) groups excluding carboxylic acids is 1. The van der Waals surface area contributed by atoms with E-state index < -0.39 is 0 Å². The van der Waals surface area contributed by atoms with E-state index in [-0.39, 0.29) is 10.9 Å². The Hall–Kier alpha value is -3.10. The molecule has 1 aromatic heterocycles. The lowest BCUT2D eigenvalue weighted by atomic mass is 10.1. The Bertz CT molecular complexity index is 1110. The van der Waals surface area contributed by atoms with Crippen molar-refractivity contribution < 1.29 is 19.0 Å². The number of halogens is 1. The fourth-order valence-corrected chi connectivity index (χ4v) is 3.70. The average molecular weight is 488 g/mol. The maximum atomic E-state index is 12.5. The van der Waals surface area contributed by atoms with Crippen LogP contribution < -0.4 is 19.5 Å². The minimum absolute atomic E-state index is 0.207. The van der Waals surface area contributed by atoms with Gasteiger partial charge in [0.25, 0.3) is 5.91 Å². The van der Waals surface area contributed by atoms with Gasteiger partial charge in [-0.25, -0.2) is 0 Å². The van der Waals surface area contributed by atoms with E-state index in [2.05, 4.69) is 29.4 Å². The number of nitrogens with zero attached hydrogens (tertiary/aromatic N) is 2. The third-order valence-electron chi connectivity index (χ3n) is 4.61. The van der Waals surface area contributed by atoms with Crippen LogP contribution in [0, 0.1) is 5.92 Å². The first-order valence-corrected chi connectivity index (χ1v) is 11.6. The second-order valence-corrected chi connectivity index (χ2v) is 8.91. The molecule has 2 aromatic carbocycles. The van der Waals surface area contributed by atoms with Crippen molar-refractivity contribution in [2.24, 2.45) is 5.92 Å². The van der Waals surface area contributed by atoms with E-state index >= 15 is 0 Å². The van der Waals surface area contributed by atoms with Crippen LogP contribution >= 0.6 is 22.9 Å². The molecule has 0 atom stereocenters. The van der Waals surface area contributed by atoms with Gasteiger partial charge in [0.15, 0.2) is 16.5 Å². The lowest BCUT2D eigenvalue weighted by molar-refractivity contribution is 0.102. The van der Waals surface area contributed by atoms with Gasteiger partial charge in [-0.15, -0.1) is 10.2 Å². The van der Waals surface area contributed by atoms with Crippen LogP contribution in [0.5, 0.6) is 17.2 Å². The van der Waals surface area contributed by atoms with Gasteiger partial charge in [0.1, 0.15) is 5.75 Å². The fraction of sp³-hybridized carbons (Fsp3) is 0.292. The lowest BCUT2D eigenvalue weighted by Gasteiger charge is -2.12. The van der Waals surface area contributed by atoms with E-state index in [1.165, 1.54) is 0 Å². The number of hydrogen-bond acceptors (Lipinski definition) is 7. The van der Waals surface area contributed by atoms with Gasteiger partial charge in [-0.05, 0) is 60.4 Å². The summed E-state index contributed by atoms with van der Waals surface area (Å²) in [6.45, 7) is 4.92. The topological polar surface area (TPSA) is 82.6 Å². The molecule has 0 saturated heterocycles. The summed E-state index contributed by atoms with van der Waals surface area (Å²) in [4.78, 5) is 12.5. The smallest absolute Gasteiger partial charge is 0.286 e. The van der Waals surface area contributed by atoms with E-state index in [4.69, 9.17) is 25.8 Å². The Labute approximate surface area is 202 Å². The summed E-state index contributed by atoms with van der Waals surface area (Å²) >= 11 is 7.56. The molecule has 3 rings (SSSR count). The monoisotopic (exact) mass is 487 g/mol. The first kappa shape index (κ1) is 24.5. The molecule has 0 aliphatic heterocycles. The standard InChI is InChI=1S/C24H26ClN3O4S/c1-15(2)11-12-32-20-10-5-16(14-21(20)31-4)13-19(25)23-27-28-24(33-23)22(29)26-17-6-8-18(30-3)9-7-17/h5-10,13-15H,11-12H2,1-4H3,(H,26,29)/b19-13-. The summed E-state index contributed by atoms with van der Waals surface area (Å²) in [6.07, 6.45) is 2.70. The predicted molar refractivity (Wildman–Crippen MR) is 133 cm³/mol. The molecule has 0 unspecified atom stereocenters. The van der Waals surface area contributed by atoms with Crippen LogP contribution in [-0.4, -0.2) is 36.9 Å². The lowest BCUT2D eigenvalue weighted by Crippen LogP contribution is -2.11. The molecule has 1 N–H and O–H groups in total. The number of anilines is 1. The summed E-state index contributed by atoms with van der Waals surface area (Å²) in [7, 11) is 3.18. The van der Waals surface area contributed by atoms with Crippen LogP contribution in [0.1, 0.15) is 40.6 Å². The average Bonchev–Trinajstić information content (AvgIpc) is 3.31. The van der Waals surface area contributed by atoms with Gasteiger partial charge >= 0.3 is 0 Å². The second kappa shape index (κ2) is 11.7. The molecule has 9 heteroatoms. The van der Waals surface area contributed by atoms with Gasteiger partial charge in [-0.1, -0.05) is 42.9 Å². The van der Waals surface area contributed by atoms with Crippen molar-refractivity contribution in [3.63, 3.8) is 0 Å². The van der Waals surface area contributed by atoms with Crippen LogP contribution in [0.2, 0.25) is 0 Å². The van der Waals surface area contributed by atoms with Crippen LogP contribution in [-0.2, 0) is 0 Å². The van der Waals surface area contributed by atoms with Crippen molar-refractivity contribution >= 4 is 45.6 Å². The molecule has 3 aromatic rings. The molecular weight excluding hydrogens is 462 g/mol. The van der Waals surface area contributed by atoms with E-state index in [1.807, 2.05) is 18.2 Å². The Morgan fingerprint density at radius 3 is 2.45 bits per heavy atom. The van der Waals surface area contributed by atoms with Gasteiger partial charge < -0.3 is 19.5 Å². The third-order valence-corrected chi connectivity index (χ3v) is 5.96. The maximum absolute atomic E-state index is 12.5. The Balaban J connectivity index is 1.68. The Kier molecular flexibility index (Phi) is 8.68. The largest absolute Gasteiger partial charge is 0.497 e. The number of methoxy groups -OCH3 is 2. The van der Waals surface area contributed by atoms with E-state index in [9.17, 15) is 4.79 Å². The van der Waals surface area contributed by atoms with Gasteiger partial charge in [0.2, 0.25) is 5.01 Å². The molecule has 1 heterocycles. The van der Waals surface area contributed by atoms with Crippen molar-refractivity contribution in [3.05, 3.63) is 58.0 Å². The fourth-order valence-electron chi connectivity index (χ4n) is 2.78. The predicted octanol–water partition coefficient (Wildman–Crippen LogP) is 5.97. The van der Waals surface area contributed by atoms with Crippen LogP contribution in [0.15, 0.2) is 42.5 Å². The quantitative estimate of drug-likeness (QED) is 0.379. The van der Waals surface area contributed by atoms with Gasteiger partial charge in [-0.3, -0.25) is 4.79 Å². The number of nitrogens with one attached hydrogen (secondary N) is 1. The number of hydrogen-bond donors (Lipinski definition) is 1. The SMILES string of the molecule is COc1ccc(NC(=O)c2nnc(/C(Cl)=C/c3ccc(OCCC(C)C)c(OC)c3)s2)cc1. The Morgan fingerprint density at radius 2 is 1.79 bits per heavy atom. The first-order chi connectivity index (χ1) is 15.9. The highest BCUT2D eigenvalue weighted by atomic mass is 35.5. The molecule has 174 valence electrons. The molecule has 7 nitrogen and oxygen atoms in total. The highest BCUT2D eigenvalue weighted by Gasteiger charge is 2.15. The molecule has 0 saturated carbocycles. The number of benzene rings is 2. The van der Waals surface area contributed by atoms with E-state index in [0.717, 1.165) is 23.3 Å². The maximum Gasteiger partial charge on any atom is 0.286 e. The number of carbonyl (C=O) groups is 1. The summed E-state index contributed by atoms with van der Waals surface area (Å²) in [5, 5.41) is 11.8. The highest BCUT2D eigenvalue weighted by Crippen LogP contribution is 2.32. The van der Waals surface area contributed by atoms with Crippen LogP contribution in [0.25, 0.3) is 11.1 Å². The zero-order chi connectivity index (χ0) is 23.8. The third kappa shape index (κ3) is 6.94. The normalized spacial score (nSPS) is 11.4. The molecular formula is C24H26ClN3O4S. The van der Waals surface area contributed by atoms with Crippen LogP contribution in [0.3, 0.4) is 0 Å². The molecule has 0 aliphatic carbocycles. The molecule has 0 spiro atoms. The Morgan fingerprint density at radius 1 is 1.06 bits per heavy atom. The van der Waals surface area contributed by atoms with Gasteiger partial charge in [0.05, 0.1) is 25.9 Å². The molecule has 33 heavy (non-hydrogen) atoms. The van der Waals surface area contributed by atoms with Crippen molar-refractivity contribution in [1.29, 1.82) is 0 Å². The number of rotatable bonds is 10. The van der Waals surface area contributed by atoms with E-state index in [1.54, 1.807) is 44.6 Å². The summed E-state index contributed by atoms with van der Waals surface area (Å²) in [6, 6.07) is 12.6. The molecule has 1 amide bonds. The molecule has 0 bridgehead atoms. The van der Waals surface area contributed by atoms with Crippen LogP contribution in [0.4, 0.5) is 5.69 Å². The second-order valence-electron chi connectivity index (χ2n) is 7.53. The van der Waals surface area contributed by atoms with E-state index in [0.29, 0.717) is 45.5 Å². The van der Waals surface area contributed by atoms with Crippen molar-refractivity contribution in [3.8, 4) is 17.2 Å². The number of aromatic nitrogens is 2. The summed E-state index contributed by atoms with van der Waals surface area (Å²) in [5.41, 5.74) is 1.44. The zero-order valence-corrected chi connectivity index (χ0v) is 20.5. The van der Waals surface area contributed by atoms with Gasteiger partial charge in [0, 0.05) is 5.69 Å². The molecule has 0 aliphatic rings. The van der Waals surface area contributed by atoms with Crippen molar-refractivity contribution in [1.82, 2.24) is 10.2 Å². The minimum atomic E-state index is -0.363. The first-order valence-electron chi connectivity index (χ1n) is 10.4. The molecule has 0 radical (unpaired) electrons. The number of ether oxygens (including phenoxy) is 3.